The summed E-state index contributed by atoms with van der Waals surface area (Å²) in [6.07, 6.45) is 1.33. The van der Waals surface area contributed by atoms with Crippen molar-refractivity contribution in [3.8, 4) is 0 Å². The Kier molecular flexibility index (Phi) is 3.32. The van der Waals surface area contributed by atoms with Crippen LogP contribution in [0.15, 0.2) is 34.9 Å². The topological polar surface area (TPSA) is 62.5 Å². The Balaban J connectivity index is 2.11. The lowest BCUT2D eigenvalue weighted by Crippen LogP contribution is -2.05. The number of hydrogen-bond acceptors (Lipinski definition) is 3. The van der Waals surface area contributed by atoms with Gasteiger partial charge in [-0.25, -0.2) is 9.18 Å². The fourth-order valence-corrected chi connectivity index (χ4v) is 1.68. The van der Waals surface area contributed by atoms with Crippen molar-refractivity contribution in [1.82, 2.24) is 0 Å². The van der Waals surface area contributed by atoms with E-state index >= 15 is 0 Å². The zero-order chi connectivity index (χ0) is 13.1. The molecule has 0 radical (unpaired) electrons. The maximum atomic E-state index is 12.9. The maximum Gasteiger partial charge on any atom is 0.372 e. The van der Waals surface area contributed by atoms with Crippen LogP contribution in [0.3, 0.4) is 0 Å². The summed E-state index contributed by atoms with van der Waals surface area (Å²) in [6.45, 7) is 2.09. The number of carboxylic acid groups (broad SMARTS) is 1. The van der Waals surface area contributed by atoms with Gasteiger partial charge in [-0.05, 0) is 36.8 Å². The Hall–Kier alpha value is -2.30. The quantitative estimate of drug-likeness (QED) is 0.874. The first kappa shape index (κ1) is 12.2. The molecule has 0 bridgehead atoms. The summed E-state index contributed by atoms with van der Waals surface area (Å²) < 4.78 is 17.8. The first-order chi connectivity index (χ1) is 8.58. The maximum absolute atomic E-state index is 12.9. The zero-order valence-electron chi connectivity index (χ0n) is 9.74. The highest BCUT2D eigenvalue weighted by atomic mass is 19.1. The van der Waals surface area contributed by atoms with E-state index in [4.69, 9.17) is 9.52 Å². The highest BCUT2D eigenvalue weighted by Crippen LogP contribution is 2.18. The number of anilines is 1. The van der Waals surface area contributed by atoms with Crippen LogP contribution < -0.4 is 5.32 Å². The molecule has 0 atom stereocenters. The molecule has 1 aromatic carbocycles. The van der Waals surface area contributed by atoms with Crippen LogP contribution >= 0.6 is 0 Å². The van der Waals surface area contributed by atoms with Crippen LogP contribution in [-0.2, 0) is 6.54 Å². The van der Waals surface area contributed by atoms with Gasteiger partial charge in [0.15, 0.2) is 0 Å². The van der Waals surface area contributed by atoms with Gasteiger partial charge in [0.05, 0.1) is 6.26 Å². The van der Waals surface area contributed by atoms with Gasteiger partial charge in [-0.15, -0.1) is 0 Å². The number of benzene rings is 1. The smallest absolute Gasteiger partial charge is 0.372 e. The first-order valence-electron chi connectivity index (χ1n) is 5.37. The van der Waals surface area contributed by atoms with Crippen molar-refractivity contribution < 1.29 is 18.7 Å². The fraction of sp³-hybridized carbons (Fsp3) is 0.154. The summed E-state index contributed by atoms with van der Waals surface area (Å²) in [5.74, 6) is -1.48. The van der Waals surface area contributed by atoms with Gasteiger partial charge in [-0.1, -0.05) is 0 Å². The molecule has 94 valence electrons. The van der Waals surface area contributed by atoms with E-state index < -0.39 is 5.97 Å². The van der Waals surface area contributed by atoms with E-state index in [1.807, 2.05) is 0 Å². The Labute approximate surface area is 103 Å². The van der Waals surface area contributed by atoms with Crippen LogP contribution in [-0.4, -0.2) is 11.1 Å². The number of furan rings is 1. The predicted molar refractivity (Wildman–Crippen MR) is 64.1 cm³/mol. The van der Waals surface area contributed by atoms with Crippen molar-refractivity contribution in [3.05, 3.63) is 53.2 Å². The molecule has 0 amide bonds. The van der Waals surface area contributed by atoms with E-state index in [0.717, 1.165) is 11.3 Å². The van der Waals surface area contributed by atoms with Crippen LogP contribution in [0.4, 0.5) is 10.1 Å². The normalized spacial score (nSPS) is 10.3. The average Bonchev–Trinajstić information content (AvgIpc) is 2.76. The summed E-state index contributed by atoms with van der Waals surface area (Å²) in [5, 5.41) is 11.9. The van der Waals surface area contributed by atoms with E-state index in [1.54, 1.807) is 19.1 Å². The highest BCUT2D eigenvalue weighted by Gasteiger charge is 2.13. The highest BCUT2D eigenvalue weighted by molar-refractivity contribution is 5.86. The number of carbonyl (C=O) groups is 1. The Morgan fingerprint density at radius 2 is 2.22 bits per heavy atom. The van der Waals surface area contributed by atoms with E-state index in [-0.39, 0.29) is 11.6 Å². The molecule has 1 aromatic heterocycles. The van der Waals surface area contributed by atoms with Gasteiger partial charge in [0.25, 0.3) is 0 Å². The molecule has 18 heavy (non-hydrogen) atoms. The molecular formula is C13H12FNO3. The standard InChI is InChI=1S/C13H12FNO3/c1-8-6-10(14)2-3-11(8)15-7-9-4-5-18-12(9)13(16)17/h2-6,15H,7H2,1H3,(H,16,17). The zero-order valence-corrected chi connectivity index (χ0v) is 9.74. The molecule has 4 nitrogen and oxygen atoms in total. The number of rotatable bonds is 4. The summed E-state index contributed by atoms with van der Waals surface area (Å²) in [4.78, 5) is 10.8. The molecule has 2 aromatic rings. The lowest BCUT2D eigenvalue weighted by atomic mass is 10.2. The van der Waals surface area contributed by atoms with Gasteiger partial charge in [0.1, 0.15) is 5.82 Å². The largest absolute Gasteiger partial charge is 0.475 e. The molecule has 0 aliphatic carbocycles. The van der Waals surface area contributed by atoms with Crippen molar-refractivity contribution in [3.63, 3.8) is 0 Å². The number of carboxylic acids is 1. The molecule has 2 N–H and O–H groups in total. The predicted octanol–water partition coefficient (Wildman–Crippen LogP) is 3.04. The van der Waals surface area contributed by atoms with Gasteiger partial charge in [0, 0.05) is 17.8 Å². The minimum atomic E-state index is -1.10. The van der Waals surface area contributed by atoms with Crippen LogP contribution in [0.25, 0.3) is 0 Å². The molecule has 2 rings (SSSR count). The molecule has 0 unspecified atom stereocenters. The van der Waals surface area contributed by atoms with Crippen molar-refractivity contribution >= 4 is 11.7 Å². The second kappa shape index (κ2) is 4.91. The Morgan fingerprint density at radius 1 is 1.44 bits per heavy atom. The third kappa shape index (κ3) is 2.51. The molecule has 0 spiro atoms. The molecule has 0 aliphatic rings. The third-order valence-corrected chi connectivity index (χ3v) is 2.60. The van der Waals surface area contributed by atoms with E-state index in [2.05, 4.69) is 5.32 Å². The van der Waals surface area contributed by atoms with Gasteiger partial charge in [0.2, 0.25) is 5.76 Å². The number of aromatic carboxylic acids is 1. The first-order valence-corrected chi connectivity index (χ1v) is 5.37. The van der Waals surface area contributed by atoms with Crippen molar-refractivity contribution in [1.29, 1.82) is 0 Å². The molecule has 5 heteroatoms. The number of aryl methyl sites for hydroxylation is 1. The van der Waals surface area contributed by atoms with E-state index in [0.29, 0.717) is 12.1 Å². The summed E-state index contributed by atoms with van der Waals surface area (Å²) in [6, 6.07) is 5.97. The van der Waals surface area contributed by atoms with E-state index in [1.165, 1.54) is 18.4 Å². The van der Waals surface area contributed by atoms with Crippen molar-refractivity contribution in [2.75, 3.05) is 5.32 Å². The lowest BCUT2D eigenvalue weighted by molar-refractivity contribution is 0.0661. The van der Waals surface area contributed by atoms with Gasteiger partial charge in [-0.3, -0.25) is 0 Å². The molecule has 0 fully saturated rings. The SMILES string of the molecule is Cc1cc(F)ccc1NCc1ccoc1C(=O)O. The van der Waals surface area contributed by atoms with Gasteiger partial charge >= 0.3 is 5.97 Å². The van der Waals surface area contributed by atoms with Crippen LogP contribution in [0.5, 0.6) is 0 Å². The van der Waals surface area contributed by atoms with Crippen molar-refractivity contribution in [2.45, 2.75) is 13.5 Å². The summed E-state index contributed by atoms with van der Waals surface area (Å²) >= 11 is 0. The minimum absolute atomic E-state index is 0.0812. The average molecular weight is 249 g/mol. The lowest BCUT2D eigenvalue weighted by Gasteiger charge is -2.08. The monoisotopic (exact) mass is 249 g/mol. The Bertz CT molecular complexity index is 577. The van der Waals surface area contributed by atoms with Crippen LogP contribution in [0.2, 0.25) is 0 Å². The molecule has 0 aliphatic heterocycles. The Morgan fingerprint density at radius 3 is 2.89 bits per heavy atom. The summed E-state index contributed by atoms with van der Waals surface area (Å²) in [5.41, 5.74) is 2.07. The summed E-state index contributed by atoms with van der Waals surface area (Å²) in [7, 11) is 0. The number of nitrogens with one attached hydrogen (secondary N) is 1. The number of hydrogen-bond donors (Lipinski definition) is 2. The van der Waals surface area contributed by atoms with Gasteiger partial charge < -0.3 is 14.8 Å². The van der Waals surface area contributed by atoms with Crippen molar-refractivity contribution in [2.24, 2.45) is 0 Å². The number of halogens is 1. The van der Waals surface area contributed by atoms with Crippen LogP contribution in [0, 0.1) is 12.7 Å². The molecular weight excluding hydrogens is 237 g/mol. The molecule has 0 saturated heterocycles. The third-order valence-electron chi connectivity index (χ3n) is 2.60. The second-order valence-electron chi connectivity index (χ2n) is 3.89. The minimum Gasteiger partial charge on any atom is -0.475 e. The van der Waals surface area contributed by atoms with E-state index in [9.17, 15) is 9.18 Å². The second-order valence-corrected chi connectivity index (χ2v) is 3.89. The molecule has 0 saturated carbocycles. The molecule has 1 heterocycles. The van der Waals surface area contributed by atoms with Crippen LogP contribution in [0.1, 0.15) is 21.7 Å². The van der Waals surface area contributed by atoms with Gasteiger partial charge in [-0.2, -0.15) is 0 Å². The fourth-order valence-electron chi connectivity index (χ4n) is 1.68.